The summed E-state index contributed by atoms with van der Waals surface area (Å²) in [7, 11) is 0. The molecule has 3 heteroatoms. The van der Waals surface area contributed by atoms with Crippen molar-refractivity contribution in [3.05, 3.63) is 95.1 Å². The van der Waals surface area contributed by atoms with Crippen molar-refractivity contribution in [2.45, 2.75) is 40.5 Å². The van der Waals surface area contributed by atoms with Gasteiger partial charge in [-0.15, -0.1) is 0 Å². The smallest absolute Gasteiger partial charge is 0.149 e. The molecule has 0 N–H and O–H groups in total. The van der Waals surface area contributed by atoms with E-state index >= 15 is 0 Å². The number of hydrogen-bond acceptors (Lipinski definition) is 2. The number of aromatic nitrogens is 2. The zero-order valence-corrected chi connectivity index (χ0v) is 20.3. The highest BCUT2D eigenvalue weighted by molar-refractivity contribution is 6.09. The lowest BCUT2D eigenvalue weighted by molar-refractivity contribution is 0.667. The second-order valence-electron chi connectivity index (χ2n) is 9.70. The maximum absolute atomic E-state index is 6.54. The van der Waals surface area contributed by atoms with Crippen molar-refractivity contribution >= 4 is 33.0 Å². The van der Waals surface area contributed by atoms with Gasteiger partial charge in [0.2, 0.25) is 0 Å². The van der Waals surface area contributed by atoms with Gasteiger partial charge in [0.15, 0.2) is 0 Å². The van der Waals surface area contributed by atoms with Crippen molar-refractivity contribution < 1.29 is 4.42 Å². The first kappa shape index (κ1) is 20.7. The maximum atomic E-state index is 6.54. The lowest BCUT2D eigenvalue weighted by atomic mass is 10.0. The van der Waals surface area contributed by atoms with E-state index in [0.29, 0.717) is 5.92 Å². The molecule has 0 unspecified atom stereocenters. The van der Waals surface area contributed by atoms with Gasteiger partial charge in [-0.05, 0) is 67.6 Å². The molecule has 34 heavy (non-hydrogen) atoms. The summed E-state index contributed by atoms with van der Waals surface area (Å²) in [6.07, 6.45) is 0. The maximum Gasteiger partial charge on any atom is 0.149 e. The predicted molar refractivity (Wildman–Crippen MR) is 142 cm³/mol. The van der Waals surface area contributed by atoms with Crippen molar-refractivity contribution in [3.8, 4) is 17.1 Å². The van der Waals surface area contributed by atoms with E-state index in [1.54, 1.807) is 0 Å². The Morgan fingerprint density at radius 3 is 2.32 bits per heavy atom. The van der Waals surface area contributed by atoms with E-state index in [4.69, 9.17) is 9.40 Å². The molecule has 0 aliphatic carbocycles. The molecular formula is C31H28N2O. The van der Waals surface area contributed by atoms with Crippen LogP contribution in [0, 0.1) is 20.8 Å². The molecule has 6 aromatic rings. The quantitative estimate of drug-likeness (QED) is 0.273. The third-order valence-corrected chi connectivity index (χ3v) is 6.85. The summed E-state index contributed by atoms with van der Waals surface area (Å²) >= 11 is 0. The monoisotopic (exact) mass is 444 g/mol. The van der Waals surface area contributed by atoms with E-state index in [2.05, 4.69) is 106 Å². The van der Waals surface area contributed by atoms with Crippen LogP contribution in [0.1, 0.15) is 42.0 Å². The third-order valence-electron chi connectivity index (χ3n) is 6.85. The molecule has 2 aromatic heterocycles. The molecule has 0 atom stereocenters. The summed E-state index contributed by atoms with van der Waals surface area (Å²) in [6.45, 7) is 10.9. The molecule has 0 saturated heterocycles. The fraction of sp³-hybridized carbons (Fsp3) is 0.194. The molecule has 4 aromatic carbocycles. The highest BCUT2D eigenvalue weighted by Crippen LogP contribution is 2.39. The Balaban J connectivity index is 1.71. The van der Waals surface area contributed by atoms with Crippen LogP contribution in [-0.4, -0.2) is 9.55 Å². The summed E-state index contributed by atoms with van der Waals surface area (Å²) < 4.78 is 8.85. The highest BCUT2D eigenvalue weighted by atomic mass is 16.3. The summed E-state index contributed by atoms with van der Waals surface area (Å²) in [5.74, 6) is 1.36. The number of nitrogens with zero attached hydrogens (tertiary/aromatic N) is 2. The number of para-hydroxylation sites is 3. The molecule has 168 valence electrons. The first-order chi connectivity index (χ1) is 16.4. The van der Waals surface area contributed by atoms with Crippen LogP contribution < -0.4 is 0 Å². The van der Waals surface area contributed by atoms with Gasteiger partial charge in [0.25, 0.3) is 0 Å². The zero-order valence-electron chi connectivity index (χ0n) is 20.3. The number of rotatable bonds is 3. The normalized spacial score (nSPS) is 11.9. The standard InChI is InChI=1S/C31H28N2O/c1-18(2)22-13-14-23-24-9-8-10-25(30(24)34-28(23)17-22)31-32-26-11-6-7-12-27(26)33(31)29-20(4)15-19(3)16-21(29)5/h6-18H,1-5H3. The largest absolute Gasteiger partial charge is 0.455 e. The molecule has 0 bridgehead atoms. The molecule has 2 heterocycles. The van der Waals surface area contributed by atoms with Crippen molar-refractivity contribution in [1.29, 1.82) is 0 Å². The Morgan fingerprint density at radius 1 is 0.794 bits per heavy atom. The van der Waals surface area contributed by atoms with Crippen LogP contribution in [0.15, 0.2) is 77.2 Å². The Morgan fingerprint density at radius 2 is 1.56 bits per heavy atom. The minimum Gasteiger partial charge on any atom is -0.455 e. The molecule has 6 rings (SSSR count). The average molecular weight is 445 g/mol. The van der Waals surface area contributed by atoms with Crippen LogP contribution in [0.2, 0.25) is 0 Å². The van der Waals surface area contributed by atoms with Crippen molar-refractivity contribution in [3.63, 3.8) is 0 Å². The van der Waals surface area contributed by atoms with Gasteiger partial charge in [-0.1, -0.05) is 67.9 Å². The number of hydrogen-bond donors (Lipinski definition) is 0. The van der Waals surface area contributed by atoms with Crippen LogP contribution in [0.5, 0.6) is 0 Å². The molecule has 0 amide bonds. The number of furan rings is 1. The second kappa shape index (κ2) is 7.59. The fourth-order valence-electron chi connectivity index (χ4n) is 5.31. The molecule has 0 spiro atoms. The minimum atomic E-state index is 0.453. The topological polar surface area (TPSA) is 31.0 Å². The molecule has 0 fully saturated rings. The van der Waals surface area contributed by atoms with Gasteiger partial charge in [0, 0.05) is 10.8 Å². The summed E-state index contributed by atoms with van der Waals surface area (Å²) in [5, 5.41) is 2.27. The number of imidazole rings is 1. The van der Waals surface area contributed by atoms with Crippen molar-refractivity contribution in [2.24, 2.45) is 0 Å². The van der Waals surface area contributed by atoms with E-state index < -0.39 is 0 Å². The summed E-state index contributed by atoms with van der Waals surface area (Å²) in [5.41, 5.74) is 11.1. The Kier molecular flexibility index (Phi) is 4.63. The van der Waals surface area contributed by atoms with Crippen molar-refractivity contribution in [2.75, 3.05) is 0 Å². The van der Waals surface area contributed by atoms with Crippen LogP contribution in [-0.2, 0) is 0 Å². The van der Waals surface area contributed by atoms with Gasteiger partial charge in [0.1, 0.15) is 17.0 Å². The van der Waals surface area contributed by atoms with E-state index in [1.807, 2.05) is 6.07 Å². The molecule has 0 aliphatic heterocycles. The molecule has 0 aliphatic rings. The van der Waals surface area contributed by atoms with Gasteiger partial charge in [-0.25, -0.2) is 4.98 Å². The SMILES string of the molecule is Cc1cc(C)c(-n2c(-c3cccc4c3oc3cc(C(C)C)ccc34)nc3ccccc32)c(C)c1. The number of fused-ring (bicyclic) bond motifs is 4. The average Bonchev–Trinajstić information content (AvgIpc) is 3.36. The minimum absolute atomic E-state index is 0.453. The first-order valence-corrected chi connectivity index (χ1v) is 11.9. The Labute approximate surface area is 199 Å². The Hall–Kier alpha value is -3.85. The second-order valence-corrected chi connectivity index (χ2v) is 9.70. The number of aryl methyl sites for hydroxylation is 3. The molecule has 3 nitrogen and oxygen atoms in total. The highest BCUT2D eigenvalue weighted by Gasteiger charge is 2.21. The van der Waals surface area contributed by atoms with Crippen LogP contribution >= 0.6 is 0 Å². The van der Waals surface area contributed by atoms with Crippen LogP contribution in [0.3, 0.4) is 0 Å². The van der Waals surface area contributed by atoms with E-state index in [-0.39, 0.29) is 0 Å². The van der Waals surface area contributed by atoms with Gasteiger partial charge >= 0.3 is 0 Å². The van der Waals surface area contributed by atoms with Crippen molar-refractivity contribution in [1.82, 2.24) is 9.55 Å². The lowest BCUT2D eigenvalue weighted by Crippen LogP contribution is -2.03. The molecule has 0 radical (unpaired) electrons. The van der Waals surface area contributed by atoms with Gasteiger partial charge in [-0.3, -0.25) is 4.57 Å². The number of benzene rings is 4. The van der Waals surface area contributed by atoms with Gasteiger partial charge < -0.3 is 4.42 Å². The molecular weight excluding hydrogens is 416 g/mol. The molecule has 0 saturated carbocycles. The van der Waals surface area contributed by atoms with E-state index in [1.165, 1.54) is 27.9 Å². The van der Waals surface area contributed by atoms with Gasteiger partial charge in [-0.2, -0.15) is 0 Å². The predicted octanol–water partition coefficient (Wildman–Crippen LogP) is 8.64. The zero-order chi connectivity index (χ0) is 23.6. The van der Waals surface area contributed by atoms with E-state index in [0.717, 1.165) is 44.4 Å². The van der Waals surface area contributed by atoms with Crippen LogP contribution in [0.25, 0.3) is 50.0 Å². The Bertz CT molecular complexity index is 1690. The summed E-state index contributed by atoms with van der Waals surface area (Å²) in [6, 6.07) is 25.8. The lowest BCUT2D eigenvalue weighted by Gasteiger charge is -2.16. The fourth-order valence-corrected chi connectivity index (χ4v) is 5.31. The van der Waals surface area contributed by atoms with Gasteiger partial charge in [0.05, 0.1) is 22.3 Å². The summed E-state index contributed by atoms with van der Waals surface area (Å²) in [4.78, 5) is 5.13. The van der Waals surface area contributed by atoms with Crippen LogP contribution in [0.4, 0.5) is 0 Å². The van der Waals surface area contributed by atoms with E-state index in [9.17, 15) is 0 Å². The third kappa shape index (κ3) is 3.07. The first-order valence-electron chi connectivity index (χ1n) is 11.9.